The number of nitrogens with one attached hydrogen (secondary N) is 1. The maximum Gasteiger partial charge on any atom is 0.252 e. The molecule has 0 saturated heterocycles. The van der Waals surface area contributed by atoms with Gasteiger partial charge in [-0.2, -0.15) is 0 Å². The van der Waals surface area contributed by atoms with Crippen LogP contribution in [-0.4, -0.2) is 37.3 Å². The average Bonchev–Trinajstić information content (AvgIpc) is 2.53. The maximum absolute atomic E-state index is 12.0. The Hall–Kier alpha value is -1.75. The molecule has 0 aromatic heterocycles. The third-order valence-electron chi connectivity index (χ3n) is 3.37. The van der Waals surface area contributed by atoms with E-state index in [2.05, 4.69) is 5.32 Å². The first-order valence-corrected chi connectivity index (χ1v) is 7.90. The van der Waals surface area contributed by atoms with Crippen molar-refractivity contribution in [3.8, 4) is 0 Å². The number of hydrogen-bond acceptors (Lipinski definition) is 3. The van der Waals surface area contributed by atoms with E-state index in [1.54, 1.807) is 36.4 Å². The van der Waals surface area contributed by atoms with Crippen LogP contribution in [0.5, 0.6) is 0 Å². The van der Waals surface area contributed by atoms with E-state index in [0.29, 0.717) is 22.2 Å². The van der Waals surface area contributed by atoms with Crippen molar-refractivity contribution >= 4 is 34.8 Å². The van der Waals surface area contributed by atoms with E-state index >= 15 is 0 Å². The van der Waals surface area contributed by atoms with E-state index < -0.39 is 6.10 Å². The number of anilines is 1. The fraction of sp³-hybridized carbons (Fsp3) is 0.235. The molecule has 1 amide bonds. The molecule has 0 aliphatic heterocycles. The largest absolute Gasteiger partial charge is 0.389 e. The molecule has 2 rings (SSSR count). The summed E-state index contributed by atoms with van der Waals surface area (Å²) in [6.07, 6.45) is -0.706. The summed E-state index contributed by atoms with van der Waals surface area (Å²) in [6, 6.07) is 14.1. The molecule has 6 heteroatoms. The SMILES string of the molecule is CN(CC(O)CNC(=O)c1ccccc1Cl)c1ccc(Cl)cc1. The van der Waals surface area contributed by atoms with Gasteiger partial charge in [0.2, 0.25) is 0 Å². The predicted octanol–water partition coefficient (Wildman–Crippen LogP) is 3.22. The highest BCUT2D eigenvalue weighted by Crippen LogP contribution is 2.17. The Morgan fingerprint density at radius 2 is 1.83 bits per heavy atom. The Bertz CT molecular complexity index is 662. The molecule has 4 nitrogen and oxygen atoms in total. The van der Waals surface area contributed by atoms with E-state index in [0.717, 1.165) is 5.69 Å². The number of carbonyl (C=O) groups is 1. The minimum Gasteiger partial charge on any atom is -0.389 e. The second-order valence-electron chi connectivity index (χ2n) is 5.20. The molecule has 122 valence electrons. The molecular formula is C17H18Cl2N2O2. The van der Waals surface area contributed by atoms with Crippen LogP contribution in [0.1, 0.15) is 10.4 Å². The van der Waals surface area contributed by atoms with Crippen molar-refractivity contribution < 1.29 is 9.90 Å². The van der Waals surface area contributed by atoms with E-state index in [4.69, 9.17) is 23.2 Å². The van der Waals surface area contributed by atoms with Gasteiger partial charge in [-0.3, -0.25) is 4.79 Å². The minimum atomic E-state index is -0.706. The molecule has 2 aromatic carbocycles. The molecule has 1 atom stereocenters. The summed E-state index contributed by atoms with van der Waals surface area (Å²) < 4.78 is 0. The Kier molecular flexibility index (Phi) is 6.28. The standard InChI is InChI=1S/C17H18Cl2N2O2/c1-21(13-8-6-12(18)7-9-13)11-14(22)10-20-17(23)15-4-2-3-5-16(15)19/h2-9,14,22H,10-11H2,1H3,(H,20,23). The Labute approximate surface area is 145 Å². The van der Waals surface area contributed by atoms with Gasteiger partial charge < -0.3 is 15.3 Å². The molecule has 0 heterocycles. The van der Waals surface area contributed by atoms with Crippen LogP contribution in [-0.2, 0) is 0 Å². The van der Waals surface area contributed by atoms with Crippen LogP contribution in [0.3, 0.4) is 0 Å². The van der Waals surface area contributed by atoms with Crippen LogP contribution >= 0.6 is 23.2 Å². The maximum atomic E-state index is 12.0. The molecule has 2 N–H and O–H groups in total. The summed E-state index contributed by atoms with van der Waals surface area (Å²) in [4.78, 5) is 13.9. The van der Waals surface area contributed by atoms with E-state index in [-0.39, 0.29) is 12.5 Å². The Morgan fingerprint density at radius 3 is 2.48 bits per heavy atom. The summed E-state index contributed by atoms with van der Waals surface area (Å²) in [5.41, 5.74) is 1.33. The smallest absolute Gasteiger partial charge is 0.252 e. The number of benzene rings is 2. The van der Waals surface area contributed by atoms with Gasteiger partial charge in [0.15, 0.2) is 0 Å². The molecule has 0 bridgehead atoms. The van der Waals surface area contributed by atoms with Crippen LogP contribution in [0.25, 0.3) is 0 Å². The van der Waals surface area contributed by atoms with Crippen LogP contribution in [0.15, 0.2) is 48.5 Å². The van der Waals surface area contributed by atoms with Crippen LogP contribution < -0.4 is 10.2 Å². The summed E-state index contributed by atoms with van der Waals surface area (Å²) in [5.74, 6) is -0.302. The van der Waals surface area contributed by atoms with Crippen LogP contribution in [0.2, 0.25) is 10.0 Å². The Balaban J connectivity index is 1.85. The zero-order chi connectivity index (χ0) is 16.8. The second kappa shape index (κ2) is 8.20. The topological polar surface area (TPSA) is 52.6 Å². The van der Waals surface area contributed by atoms with Crippen molar-refractivity contribution in [3.05, 3.63) is 64.1 Å². The van der Waals surface area contributed by atoms with Gasteiger partial charge in [0.1, 0.15) is 0 Å². The number of nitrogens with zero attached hydrogens (tertiary/aromatic N) is 1. The lowest BCUT2D eigenvalue weighted by atomic mass is 10.2. The number of hydrogen-bond donors (Lipinski definition) is 2. The van der Waals surface area contributed by atoms with Gasteiger partial charge in [-0.15, -0.1) is 0 Å². The summed E-state index contributed by atoms with van der Waals surface area (Å²) >= 11 is 11.8. The number of aliphatic hydroxyl groups is 1. The zero-order valence-electron chi connectivity index (χ0n) is 12.7. The monoisotopic (exact) mass is 352 g/mol. The molecule has 0 aliphatic rings. The normalized spacial score (nSPS) is 11.8. The zero-order valence-corrected chi connectivity index (χ0v) is 14.2. The first-order chi connectivity index (χ1) is 11.0. The van der Waals surface area contributed by atoms with E-state index in [1.807, 2.05) is 24.1 Å². The fourth-order valence-electron chi connectivity index (χ4n) is 2.13. The summed E-state index contributed by atoms with van der Waals surface area (Å²) in [6.45, 7) is 0.520. The fourth-order valence-corrected chi connectivity index (χ4v) is 2.48. The van der Waals surface area contributed by atoms with Crippen molar-refractivity contribution in [2.45, 2.75) is 6.10 Å². The highest BCUT2D eigenvalue weighted by Gasteiger charge is 2.13. The van der Waals surface area contributed by atoms with Gasteiger partial charge in [0.25, 0.3) is 5.91 Å². The van der Waals surface area contributed by atoms with Gasteiger partial charge in [-0.1, -0.05) is 35.3 Å². The van der Waals surface area contributed by atoms with Gasteiger partial charge in [0.05, 0.1) is 16.7 Å². The van der Waals surface area contributed by atoms with Crippen molar-refractivity contribution in [1.29, 1.82) is 0 Å². The van der Waals surface area contributed by atoms with Crippen molar-refractivity contribution in [1.82, 2.24) is 5.32 Å². The number of rotatable bonds is 6. The summed E-state index contributed by atoms with van der Waals surface area (Å²) in [5, 5.41) is 13.8. The van der Waals surface area contributed by atoms with Crippen LogP contribution in [0, 0.1) is 0 Å². The Morgan fingerprint density at radius 1 is 1.17 bits per heavy atom. The predicted molar refractivity (Wildman–Crippen MR) is 94.5 cm³/mol. The molecular weight excluding hydrogens is 335 g/mol. The van der Waals surface area contributed by atoms with Crippen LogP contribution in [0.4, 0.5) is 5.69 Å². The lowest BCUT2D eigenvalue weighted by molar-refractivity contribution is 0.0919. The third-order valence-corrected chi connectivity index (χ3v) is 3.95. The number of likely N-dealkylation sites (N-methyl/N-ethyl adjacent to an activating group) is 1. The average molecular weight is 353 g/mol. The minimum absolute atomic E-state index is 0.141. The number of halogens is 2. The molecule has 2 aromatic rings. The summed E-state index contributed by atoms with van der Waals surface area (Å²) in [7, 11) is 1.86. The van der Waals surface area contributed by atoms with Crippen molar-refractivity contribution in [2.75, 3.05) is 25.0 Å². The number of amides is 1. The molecule has 0 fully saturated rings. The first kappa shape index (κ1) is 17.6. The molecule has 0 spiro atoms. The first-order valence-electron chi connectivity index (χ1n) is 7.15. The highest BCUT2D eigenvalue weighted by atomic mass is 35.5. The van der Waals surface area contributed by atoms with E-state index in [1.165, 1.54) is 0 Å². The van der Waals surface area contributed by atoms with Gasteiger partial charge >= 0.3 is 0 Å². The number of carbonyl (C=O) groups excluding carboxylic acids is 1. The van der Waals surface area contributed by atoms with E-state index in [9.17, 15) is 9.90 Å². The van der Waals surface area contributed by atoms with Gasteiger partial charge in [0, 0.05) is 30.8 Å². The lowest BCUT2D eigenvalue weighted by Gasteiger charge is -2.23. The van der Waals surface area contributed by atoms with Crippen molar-refractivity contribution in [2.24, 2.45) is 0 Å². The van der Waals surface area contributed by atoms with Gasteiger partial charge in [-0.05, 0) is 36.4 Å². The highest BCUT2D eigenvalue weighted by molar-refractivity contribution is 6.33. The molecule has 0 radical (unpaired) electrons. The third kappa shape index (κ3) is 5.13. The van der Waals surface area contributed by atoms with Gasteiger partial charge in [-0.25, -0.2) is 0 Å². The molecule has 0 aliphatic carbocycles. The molecule has 1 unspecified atom stereocenters. The second-order valence-corrected chi connectivity index (χ2v) is 6.04. The number of aliphatic hydroxyl groups excluding tert-OH is 1. The molecule has 23 heavy (non-hydrogen) atoms. The quantitative estimate of drug-likeness (QED) is 0.839. The molecule has 0 saturated carbocycles. The van der Waals surface area contributed by atoms with Crippen molar-refractivity contribution in [3.63, 3.8) is 0 Å². The lowest BCUT2D eigenvalue weighted by Crippen LogP contribution is -2.39.